The van der Waals surface area contributed by atoms with E-state index in [0.29, 0.717) is 43.7 Å². The third kappa shape index (κ3) is 3.92. The lowest BCUT2D eigenvalue weighted by molar-refractivity contribution is -0.138. The zero-order valence-corrected chi connectivity index (χ0v) is 15.5. The number of aromatic nitrogens is 2. The van der Waals surface area contributed by atoms with Crippen molar-refractivity contribution in [2.45, 2.75) is 25.3 Å². The van der Waals surface area contributed by atoms with Gasteiger partial charge in [-0.25, -0.2) is 13.8 Å². The molecule has 9 heteroatoms. The van der Waals surface area contributed by atoms with Crippen molar-refractivity contribution in [3.63, 3.8) is 0 Å². The molecule has 148 valence electrons. The minimum absolute atomic E-state index is 0.141. The van der Waals surface area contributed by atoms with E-state index in [1.807, 2.05) is 4.90 Å². The van der Waals surface area contributed by atoms with Crippen LogP contribution in [0.3, 0.4) is 0 Å². The van der Waals surface area contributed by atoms with Gasteiger partial charge >= 0.3 is 0 Å². The Bertz CT molecular complexity index is 976. The number of piperidine rings is 1. The van der Waals surface area contributed by atoms with Crippen molar-refractivity contribution in [3.05, 3.63) is 59.2 Å². The van der Waals surface area contributed by atoms with E-state index >= 15 is 0 Å². The first-order valence-electron chi connectivity index (χ1n) is 9.31. The molecule has 2 aliphatic heterocycles. The van der Waals surface area contributed by atoms with Gasteiger partial charge in [0.25, 0.3) is 5.82 Å². The van der Waals surface area contributed by atoms with Crippen LogP contribution in [0, 0.1) is 24.1 Å². The first kappa shape index (κ1) is 18.9. The molecule has 1 atom stereocenters. The highest BCUT2D eigenvalue weighted by Crippen LogP contribution is 2.33. The molecule has 2 aliphatic rings. The highest BCUT2D eigenvalue weighted by atomic mass is 19.1. The van der Waals surface area contributed by atoms with Gasteiger partial charge in [0.15, 0.2) is 0 Å². The van der Waals surface area contributed by atoms with Crippen LogP contribution >= 0.6 is 0 Å². The lowest BCUT2D eigenvalue weighted by Crippen LogP contribution is -2.41. The number of amides is 1. The molecule has 1 amide bonds. The zero-order valence-electron chi connectivity index (χ0n) is 15.5. The van der Waals surface area contributed by atoms with Crippen molar-refractivity contribution < 1.29 is 13.6 Å². The fourth-order valence-electron chi connectivity index (χ4n) is 3.78. The maximum Gasteiger partial charge on any atom is 0.274 e. The Labute approximate surface area is 166 Å². The maximum atomic E-state index is 13.6. The van der Waals surface area contributed by atoms with Gasteiger partial charge in [-0.15, -0.1) is 4.98 Å². The van der Waals surface area contributed by atoms with E-state index in [-0.39, 0.29) is 17.6 Å². The molecule has 1 unspecified atom stereocenters. The number of rotatable bonds is 3. The number of benzene rings is 1. The summed E-state index contributed by atoms with van der Waals surface area (Å²) in [4.78, 5) is 26.5. The number of hydrogen-bond acceptors (Lipinski definition) is 5. The summed E-state index contributed by atoms with van der Waals surface area (Å²) in [5.41, 5.74) is 0.401. The number of nitrogens with zero attached hydrogens (tertiary/aromatic N) is 6. The second-order valence-electron chi connectivity index (χ2n) is 7.04. The van der Waals surface area contributed by atoms with Crippen molar-refractivity contribution in [1.29, 1.82) is 0 Å². The van der Waals surface area contributed by atoms with Gasteiger partial charge in [0.05, 0.1) is 6.04 Å². The molecule has 1 saturated heterocycles. The second kappa shape index (κ2) is 7.91. The monoisotopic (exact) mass is 396 g/mol. The first-order valence-corrected chi connectivity index (χ1v) is 9.31. The Kier molecular flexibility index (Phi) is 5.16. The Morgan fingerprint density at radius 1 is 1.10 bits per heavy atom. The molecule has 1 aromatic carbocycles. The summed E-state index contributed by atoms with van der Waals surface area (Å²) < 4.78 is 27.2. The first-order chi connectivity index (χ1) is 14.0. The standard InChI is InChI=1S/C20H18F2N6O/c1-23-18-11-19(25-12-24-18)27-6-3-13(4-7-27)20(29)28-17(2-5-26-28)14-8-15(21)10-16(22)9-14/h5,8-13,17H,2-4,6-7H2. The third-order valence-corrected chi connectivity index (χ3v) is 5.25. The van der Waals surface area contributed by atoms with Gasteiger partial charge in [-0.2, -0.15) is 10.1 Å². The van der Waals surface area contributed by atoms with Crippen LogP contribution in [-0.4, -0.2) is 40.2 Å². The Balaban J connectivity index is 1.43. The van der Waals surface area contributed by atoms with E-state index in [2.05, 4.69) is 19.9 Å². The van der Waals surface area contributed by atoms with Crippen LogP contribution in [0.1, 0.15) is 30.9 Å². The van der Waals surface area contributed by atoms with E-state index in [1.165, 1.54) is 23.5 Å². The largest absolute Gasteiger partial charge is 0.360 e. The van der Waals surface area contributed by atoms with E-state index in [9.17, 15) is 13.6 Å². The van der Waals surface area contributed by atoms with Gasteiger partial charge in [0, 0.05) is 43.8 Å². The van der Waals surface area contributed by atoms with Crippen LogP contribution in [0.25, 0.3) is 4.85 Å². The number of anilines is 1. The SMILES string of the molecule is [C-]#[N+]c1cc(N2CCC(C(=O)N3N=CCC3c3cc(F)cc(F)c3)CC2)ncn1. The van der Waals surface area contributed by atoms with Crippen LogP contribution in [0.2, 0.25) is 0 Å². The Morgan fingerprint density at radius 2 is 1.83 bits per heavy atom. The summed E-state index contributed by atoms with van der Waals surface area (Å²) in [6.07, 6.45) is 4.60. The van der Waals surface area contributed by atoms with Gasteiger partial charge in [-0.1, -0.05) is 6.57 Å². The topological polar surface area (TPSA) is 66.1 Å². The van der Waals surface area contributed by atoms with E-state index in [1.54, 1.807) is 12.3 Å². The Morgan fingerprint density at radius 3 is 2.52 bits per heavy atom. The molecule has 0 spiro atoms. The summed E-state index contributed by atoms with van der Waals surface area (Å²) in [6, 6.07) is 4.45. The summed E-state index contributed by atoms with van der Waals surface area (Å²) in [5, 5.41) is 5.53. The van der Waals surface area contributed by atoms with E-state index in [4.69, 9.17) is 6.57 Å². The van der Waals surface area contributed by atoms with Crippen LogP contribution in [0.5, 0.6) is 0 Å². The fraction of sp³-hybridized carbons (Fsp3) is 0.350. The molecule has 29 heavy (non-hydrogen) atoms. The maximum absolute atomic E-state index is 13.6. The summed E-state index contributed by atoms with van der Waals surface area (Å²) in [5.74, 6) is -0.761. The highest BCUT2D eigenvalue weighted by molar-refractivity contribution is 5.82. The molecular weight excluding hydrogens is 378 g/mol. The van der Waals surface area contributed by atoms with Crippen LogP contribution in [0.4, 0.5) is 20.4 Å². The smallest absolute Gasteiger partial charge is 0.274 e. The van der Waals surface area contributed by atoms with Crippen molar-refractivity contribution in [2.75, 3.05) is 18.0 Å². The molecule has 7 nitrogen and oxygen atoms in total. The molecule has 3 heterocycles. The van der Waals surface area contributed by atoms with Gasteiger partial charge in [0.1, 0.15) is 17.5 Å². The van der Waals surface area contributed by atoms with E-state index in [0.717, 1.165) is 6.07 Å². The number of halogens is 2. The number of carbonyl (C=O) groups excluding carboxylic acids is 1. The lowest BCUT2D eigenvalue weighted by atomic mass is 9.94. The molecule has 2 aromatic rings. The molecule has 0 bridgehead atoms. The second-order valence-corrected chi connectivity index (χ2v) is 7.04. The van der Waals surface area contributed by atoms with Gasteiger partial charge in [-0.05, 0) is 30.5 Å². The molecule has 0 aliphatic carbocycles. The van der Waals surface area contributed by atoms with Crippen LogP contribution < -0.4 is 4.90 Å². The third-order valence-electron chi connectivity index (χ3n) is 5.25. The van der Waals surface area contributed by atoms with Crippen LogP contribution in [0.15, 0.2) is 35.7 Å². The Hall–Kier alpha value is -3.41. The van der Waals surface area contributed by atoms with Crippen molar-refractivity contribution in [3.8, 4) is 0 Å². The molecular formula is C20H18F2N6O. The lowest BCUT2D eigenvalue weighted by Gasteiger charge is -2.34. The van der Waals surface area contributed by atoms with Gasteiger partial charge < -0.3 is 9.74 Å². The molecule has 4 rings (SSSR count). The van der Waals surface area contributed by atoms with Gasteiger partial charge in [0.2, 0.25) is 12.2 Å². The minimum Gasteiger partial charge on any atom is -0.360 e. The zero-order chi connectivity index (χ0) is 20.4. The molecule has 0 saturated carbocycles. The van der Waals surface area contributed by atoms with Crippen molar-refractivity contribution in [1.82, 2.24) is 15.0 Å². The minimum atomic E-state index is -0.670. The molecule has 1 fully saturated rings. The van der Waals surface area contributed by atoms with E-state index < -0.39 is 17.7 Å². The number of carbonyl (C=O) groups is 1. The summed E-state index contributed by atoms with van der Waals surface area (Å²) in [6.45, 7) is 8.29. The van der Waals surface area contributed by atoms with Crippen molar-refractivity contribution >= 4 is 23.8 Å². The van der Waals surface area contributed by atoms with Crippen molar-refractivity contribution in [2.24, 2.45) is 11.0 Å². The predicted octanol–water partition coefficient (Wildman–Crippen LogP) is 3.48. The normalized spacial score (nSPS) is 19.4. The average molecular weight is 396 g/mol. The summed E-state index contributed by atoms with van der Waals surface area (Å²) in [7, 11) is 0. The van der Waals surface area contributed by atoms with Gasteiger partial charge in [-0.3, -0.25) is 4.79 Å². The average Bonchev–Trinajstić information content (AvgIpc) is 3.23. The number of hydrogen-bond donors (Lipinski definition) is 0. The number of hydrazone groups is 1. The predicted molar refractivity (Wildman–Crippen MR) is 102 cm³/mol. The quantitative estimate of drug-likeness (QED) is 0.745. The molecule has 0 N–H and O–H groups in total. The summed E-state index contributed by atoms with van der Waals surface area (Å²) >= 11 is 0. The highest BCUT2D eigenvalue weighted by Gasteiger charge is 2.35. The molecule has 0 radical (unpaired) electrons. The fourth-order valence-corrected chi connectivity index (χ4v) is 3.78. The van der Waals surface area contributed by atoms with Crippen LogP contribution in [-0.2, 0) is 4.79 Å². The molecule has 1 aromatic heterocycles.